The molecule has 1 fully saturated rings. The van der Waals surface area contributed by atoms with E-state index in [0.717, 1.165) is 0 Å². The molecule has 25 heavy (non-hydrogen) atoms. The normalized spacial score (nSPS) is 16.4. The molecule has 0 bridgehead atoms. The minimum Gasteiger partial charge on any atom is -0.481 e. The minimum absolute atomic E-state index is 0.0661. The van der Waals surface area contributed by atoms with Crippen molar-refractivity contribution in [2.45, 2.75) is 36.3 Å². The van der Waals surface area contributed by atoms with Gasteiger partial charge in [0.2, 0.25) is 0 Å². The molecule has 2 rings (SSSR count). The molecule has 0 spiro atoms. The fourth-order valence-corrected chi connectivity index (χ4v) is 4.61. The van der Waals surface area contributed by atoms with Gasteiger partial charge in [-0.05, 0) is 38.1 Å². The maximum atomic E-state index is 13.2. The van der Waals surface area contributed by atoms with Crippen LogP contribution < -0.4 is 4.74 Å². The summed E-state index contributed by atoms with van der Waals surface area (Å²) in [5, 5.41) is 0. The van der Waals surface area contributed by atoms with Crippen molar-refractivity contribution < 1.29 is 27.4 Å². The maximum absolute atomic E-state index is 13.2. The molecular weight excluding hydrogens is 344 g/mol. The van der Waals surface area contributed by atoms with Crippen LogP contribution in [0.25, 0.3) is 0 Å². The van der Waals surface area contributed by atoms with Gasteiger partial charge in [-0.2, -0.15) is 0 Å². The molecule has 0 amide bonds. The van der Waals surface area contributed by atoms with E-state index in [4.69, 9.17) is 14.2 Å². The Morgan fingerprint density at radius 2 is 1.88 bits per heavy atom. The molecule has 0 aliphatic carbocycles. The molecule has 1 heterocycles. The third kappa shape index (κ3) is 3.97. The van der Waals surface area contributed by atoms with Crippen LogP contribution in [0.1, 0.15) is 26.7 Å². The van der Waals surface area contributed by atoms with Crippen LogP contribution in [-0.2, 0) is 24.1 Å². The lowest BCUT2D eigenvalue weighted by molar-refractivity contribution is -0.149. The minimum atomic E-state index is -3.93. The highest BCUT2D eigenvalue weighted by Crippen LogP contribution is 2.36. The van der Waals surface area contributed by atoms with Crippen molar-refractivity contribution in [2.75, 3.05) is 26.4 Å². The van der Waals surface area contributed by atoms with E-state index in [2.05, 4.69) is 11.8 Å². The van der Waals surface area contributed by atoms with Crippen molar-refractivity contribution in [3.8, 4) is 17.6 Å². The summed E-state index contributed by atoms with van der Waals surface area (Å²) in [6, 6.07) is 6.01. The van der Waals surface area contributed by atoms with Gasteiger partial charge in [0.25, 0.3) is 0 Å². The van der Waals surface area contributed by atoms with Crippen molar-refractivity contribution in [3.63, 3.8) is 0 Å². The first kappa shape index (κ1) is 19.3. The van der Waals surface area contributed by atoms with Gasteiger partial charge in [0, 0.05) is 26.1 Å². The summed E-state index contributed by atoms with van der Waals surface area (Å²) in [4.78, 5) is 12.6. The fourth-order valence-electron chi connectivity index (χ4n) is 2.68. The van der Waals surface area contributed by atoms with Crippen LogP contribution in [0.15, 0.2) is 29.2 Å². The highest BCUT2D eigenvalue weighted by atomic mass is 32.2. The zero-order chi connectivity index (χ0) is 18.3. The van der Waals surface area contributed by atoms with Gasteiger partial charge in [0.15, 0.2) is 14.6 Å². The predicted molar refractivity (Wildman–Crippen MR) is 92.0 cm³/mol. The molecule has 1 aliphatic heterocycles. The third-order valence-corrected chi connectivity index (χ3v) is 6.58. The van der Waals surface area contributed by atoms with Crippen LogP contribution >= 0.6 is 0 Å². The first-order valence-corrected chi connectivity index (χ1v) is 9.58. The summed E-state index contributed by atoms with van der Waals surface area (Å²) >= 11 is 0. The molecule has 6 nitrogen and oxygen atoms in total. The molecule has 0 saturated carbocycles. The molecule has 0 radical (unpaired) electrons. The molecule has 0 unspecified atom stereocenters. The highest BCUT2D eigenvalue weighted by molar-refractivity contribution is 7.93. The molecule has 1 aromatic rings. The summed E-state index contributed by atoms with van der Waals surface area (Å²) in [6.45, 7) is 4.13. The molecule has 1 aliphatic rings. The lowest BCUT2D eigenvalue weighted by Gasteiger charge is -2.34. The largest absolute Gasteiger partial charge is 0.481 e. The number of carbonyl (C=O) groups excluding carboxylic acids is 1. The van der Waals surface area contributed by atoms with Gasteiger partial charge in [0.1, 0.15) is 12.4 Å². The average molecular weight is 366 g/mol. The van der Waals surface area contributed by atoms with E-state index < -0.39 is 20.6 Å². The van der Waals surface area contributed by atoms with Crippen LogP contribution in [0, 0.1) is 11.8 Å². The Balaban J connectivity index is 2.32. The number of ether oxygens (including phenoxy) is 3. The van der Waals surface area contributed by atoms with E-state index in [-0.39, 0.29) is 44.2 Å². The Morgan fingerprint density at radius 1 is 1.24 bits per heavy atom. The first-order chi connectivity index (χ1) is 12.0. The average Bonchev–Trinajstić information content (AvgIpc) is 2.63. The summed E-state index contributed by atoms with van der Waals surface area (Å²) in [5.41, 5.74) is 0. The Labute approximate surface area is 148 Å². The van der Waals surface area contributed by atoms with Gasteiger partial charge >= 0.3 is 5.97 Å². The highest BCUT2D eigenvalue weighted by Gasteiger charge is 2.53. The topological polar surface area (TPSA) is 78.9 Å². The van der Waals surface area contributed by atoms with Crippen molar-refractivity contribution in [1.29, 1.82) is 0 Å². The van der Waals surface area contributed by atoms with E-state index in [1.165, 1.54) is 12.1 Å². The van der Waals surface area contributed by atoms with Crippen molar-refractivity contribution >= 4 is 15.8 Å². The van der Waals surface area contributed by atoms with Gasteiger partial charge in [-0.15, -0.1) is 5.92 Å². The Hall–Kier alpha value is -2.04. The molecule has 136 valence electrons. The van der Waals surface area contributed by atoms with Gasteiger partial charge < -0.3 is 14.2 Å². The fraction of sp³-hybridized carbons (Fsp3) is 0.500. The number of hydrogen-bond donors (Lipinski definition) is 0. The zero-order valence-electron chi connectivity index (χ0n) is 14.4. The monoisotopic (exact) mass is 366 g/mol. The van der Waals surface area contributed by atoms with E-state index >= 15 is 0 Å². The summed E-state index contributed by atoms with van der Waals surface area (Å²) in [5.74, 6) is 5.28. The first-order valence-electron chi connectivity index (χ1n) is 8.10. The number of hydrogen-bond acceptors (Lipinski definition) is 6. The van der Waals surface area contributed by atoms with E-state index in [1.54, 1.807) is 26.0 Å². The van der Waals surface area contributed by atoms with Crippen molar-refractivity contribution in [3.05, 3.63) is 24.3 Å². The number of esters is 1. The number of sulfone groups is 1. The Morgan fingerprint density at radius 3 is 2.44 bits per heavy atom. The number of rotatable bonds is 6. The second kappa shape index (κ2) is 8.37. The lowest BCUT2D eigenvalue weighted by Crippen LogP contribution is -2.51. The maximum Gasteiger partial charge on any atom is 0.328 e. The SMILES string of the molecule is CC#CCOc1ccc(S(=O)(=O)C2(C(=O)OCC)CCOCC2)cc1. The molecule has 0 atom stereocenters. The number of carbonyl (C=O) groups is 1. The summed E-state index contributed by atoms with van der Waals surface area (Å²) in [6.07, 6.45) is 0.164. The van der Waals surface area contributed by atoms with E-state index in [9.17, 15) is 13.2 Å². The second-order valence-electron chi connectivity index (χ2n) is 5.52. The number of benzene rings is 1. The van der Waals surface area contributed by atoms with Gasteiger partial charge in [-0.3, -0.25) is 4.79 Å². The van der Waals surface area contributed by atoms with Gasteiger partial charge in [-0.25, -0.2) is 8.42 Å². The molecule has 7 heteroatoms. The Bertz CT molecular complexity index is 749. The molecular formula is C18H22O6S. The van der Waals surface area contributed by atoms with Gasteiger partial charge in [0.05, 0.1) is 11.5 Å². The molecule has 0 aromatic heterocycles. The van der Waals surface area contributed by atoms with Crippen LogP contribution in [0.3, 0.4) is 0 Å². The van der Waals surface area contributed by atoms with Crippen LogP contribution in [-0.4, -0.2) is 45.6 Å². The smallest absolute Gasteiger partial charge is 0.328 e. The van der Waals surface area contributed by atoms with E-state index in [1.807, 2.05) is 0 Å². The third-order valence-electron chi connectivity index (χ3n) is 4.08. The van der Waals surface area contributed by atoms with Crippen LogP contribution in [0.5, 0.6) is 5.75 Å². The van der Waals surface area contributed by atoms with Crippen LogP contribution in [0.4, 0.5) is 0 Å². The summed E-state index contributed by atoms with van der Waals surface area (Å²) in [7, 11) is -3.93. The lowest BCUT2D eigenvalue weighted by atomic mass is 9.99. The van der Waals surface area contributed by atoms with Crippen molar-refractivity contribution in [1.82, 2.24) is 0 Å². The molecule has 1 saturated heterocycles. The quantitative estimate of drug-likeness (QED) is 0.566. The van der Waals surface area contributed by atoms with Gasteiger partial charge in [-0.1, -0.05) is 5.92 Å². The molecule has 1 aromatic carbocycles. The van der Waals surface area contributed by atoms with Crippen molar-refractivity contribution in [2.24, 2.45) is 0 Å². The predicted octanol–water partition coefficient (Wildman–Crippen LogP) is 1.97. The van der Waals surface area contributed by atoms with E-state index in [0.29, 0.717) is 5.75 Å². The Kier molecular flexibility index (Phi) is 6.45. The summed E-state index contributed by atoms with van der Waals surface area (Å²) < 4.78 is 40.5. The van der Waals surface area contributed by atoms with Crippen LogP contribution in [0.2, 0.25) is 0 Å². The zero-order valence-corrected chi connectivity index (χ0v) is 15.2. The standard InChI is InChI=1S/C18H22O6S/c1-3-5-12-24-15-6-8-16(9-7-15)25(20,21)18(17(19)23-4-2)10-13-22-14-11-18/h6-9H,4,10-14H2,1-2H3. The second-order valence-corrected chi connectivity index (χ2v) is 7.78. The molecule has 0 N–H and O–H groups in total.